The zero-order valence-corrected chi connectivity index (χ0v) is 16.3. The monoisotopic (exact) mass is 354 g/mol. The van der Waals surface area contributed by atoms with Gasteiger partial charge < -0.3 is 15.4 Å². The lowest BCUT2D eigenvalue weighted by Crippen LogP contribution is -2.36. The molecule has 2 N–H and O–H groups in total. The van der Waals surface area contributed by atoms with Gasteiger partial charge in [-0.2, -0.15) is 0 Å². The molecule has 140 valence electrons. The molecule has 4 heteroatoms. The number of carbonyl (C=O) groups excluding carboxylic acids is 1. The van der Waals surface area contributed by atoms with Crippen LogP contribution in [0.4, 0.5) is 0 Å². The first-order valence-corrected chi connectivity index (χ1v) is 9.23. The summed E-state index contributed by atoms with van der Waals surface area (Å²) in [5.41, 5.74) is 3.69. The van der Waals surface area contributed by atoms with E-state index >= 15 is 0 Å². The summed E-state index contributed by atoms with van der Waals surface area (Å²) < 4.78 is 5.96. The topological polar surface area (TPSA) is 50.4 Å². The molecule has 1 aliphatic heterocycles. The van der Waals surface area contributed by atoms with E-state index in [1.54, 1.807) is 0 Å². The minimum atomic E-state index is -0.116. The van der Waals surface area contributed by atoms with E-state index in [0.29, 0.717) is 24.7 Å². The fraction of sp³-hybridized carbons (Fsp3) is 0.409. The Morgan fingerprint density at radius 1 is 1.35 bits per heavy atom. The number of hydrogen-bond donors (Lipinski definition) is 2. The van der Waals surface area contributed by atoms with Crippen molar-refractivity contribution in [3.63, 3.8) is 0 Å². The van der Waals surface area contributed by atoms with E-state index in [-0.39, 0.29) is 5.91 Å². The summed E-state index contributed by atoms with van der Waals surface area (Å²) in [6, 6.07) is 8.26. The fourth-order valence-electron chi connectivity index (χ4n) is 2.72. The average molecular weight is 354 g/mol. The molecule has 0 spiro atoms. The first kappa shape index (κ1) is 19.8. The number of ether oxygens (including phenoxy) is 1. The van der Waals surface area contributed by atoms with Crippen LogP contribution in [0.3, 0.4) is 0 Å². The molecule has 1 amide bonds. The van der Waals surface area contributed by atoms with Gasteiger partial charge in [0.2, 0.25) is 0 Å². The van der Waals surface area contributed by atoms with Gasteiger partial charge in [-0.1, -0.05) is 44.6 Å². The van der Waals surface area contributed by atoms with Crippen LogP contribution < -0.4 is 15.4 Å². The van der Waals surface area contributed by atoms with Crippen molar-refractivity contribution >= 4 is 5.91 Å². The maximum Gasteiger partial charge on any atom is 0.267 e. The molecule has 0 bridgehead atoms. The van der Waals surface area contributed by atoms with E-state index in [2.05, 4.69) is 43.2 Å². The third-order valence-electron chi connectivity index (χ3n) is 4.44. The Labute approximate surface area is 157 Å². The van der Waals surface area contributed by atoms with Gasteiger partial charge in [-0.05, 0) is 55.5 Å². The molecule has 4 nitrogen and oxygen atoms in total. The number of hydrogen-bond acceptors (Lipinski definition) is 3. The van der Waals surface area contributed by atoms with Gasteiger partial charge in [-0.15, -0.1) is 0 Å². The Kier molecular flexibility index (Phi) is 7.07. The molecule has 0 radical (unpaired) electrons. The molecule has 0 aliphatic carbocycles. The van der Waals surface area contributed by atoms with Crippen molar-refractivity contribution in [1.82, 2.24) is 10.6 Å². The van der Waals surface area contributed by atoms with Gasteiger partial charge in [-0.25, -0.2) is 0 Å². The molecule has 0 saturated carbocycles. The molecule has 0 aromatic heterocycles. The van der Waals surface area contributed by atoms with Gasteiger partial charge in [0.25, 0.3) is 5.91 Å². The molecule has 1 aliphatic rings. The van der Waals surface area contributed by atoms with Crippen LogP contribution in [-0.2, 0) is 11.2 Å². The zero-order chi connectivity index (χ0) is 19.1. The zero-order valence-electron chi connectivity index (χ0n) is 16.3. The Hall–Kier alpha value is -2.49. The molecule has 1 aromatic carbocycles. The fourth-order valence-corrected chi connectivity index (χ4v) is 2.72. The van der Waals surface area contributed by atoms with Crippen LogP contribution in [-0.4, -0.2) is 19.0 Å². The second-order valence-electron chi connectivity index (χ2n) is 7.13. The molecule has 2 rings (SSSR count). The van der Waals surface area contributed by atoms with E-state index in [9.17, 15) is 4.79 Å². The minimum absolute atomic E-state index is 0.116. The number of carbonyl (C=O) groups is 1. The molecular formula is C22H30N2O2. The van der Waals surface area contributed by atoms with Crippen LogP contribution in [0, 0.1) is 5.92 Å². The summed E-state index contributed by atoms with van der Waals surface area (Å²) in [5.74, 6) is 2.19. The molecule has 26 heavy (non-hydrogen) atoms. The SMILES string of the molecule is C=C(C)CNC(=O)C1=C(C)C=C(Oc2ccc(CC(C)CC)cc2)CN1. The Morgan fingerprint density at radius 2 is 2.04 bits per heavy atom. The normalized spacial score (nSPS) is 15.0. The standard InChI is InChI=1S/C22H30N2O2/c1-6-16(4)11-18-7-9-19(10-8-18)26-20-12-17(5)21(23-14-20)22(25)24-13-15(2)3/h7-10,12,16,23H,2,6,11,13-14H2,1,3-5H3,(H,24,25). The van der Waals surface area contributed by atoms with Gasteiger partial charge in [0.15, 0.2) is 0 Å². The highest BCUT2D eigenvalue weighted by atomic mass is 16.5. The molecule has 1 unspecified atom stereocenters. The van der Waals surface area contributed by atoms with E-state index in [1.165, 1.54) is 12.0 Å². The summed E-state index contributed by atoms with van der Waals surface area (Å²) in [6.07, 6.45) is 4.19. The molecule has 1 aromatic rings. The van der Waals surface area contributed by atoms with Crippen molar-refractivity contribution in [3.05, 3.63) is 65.1 Å². The van der Waals surface area contributed by atoms with Crippen molar-refractivity contribution in [3.8, 4) is 5.75 Å². The first-order chi connectivity index (χ1) is 12.4. The molecular weight excluding hydrogens is 324 g/mol. The molecule has 1 heterocycles. The van der Waals surface area contributed by atoms with Gasteiger partial charge >= 0.3 is 0 Å². The third kappa shape index (κ3) is 5.80. The maximum absolute atomic E-state index is 12.2. The average Bonchev–Trinajstić information content (AvgIpc) is 2.61. The Balaban J connectivity index is 1.99. The van der Waals surface area contributed by atoms with Crippen LogP contribution >= 0.6 is 0 Å². The van der Waals surface area contributed by atoms with Gasteiger partial charge in [0.05, 0.1) is 6.54 Å². The number of dihydropyridines is 1. The minimum Gasteiger partial charge on any atom is -0.460 e. The summed E-state index contributed by atoms with van der Waals surface area (Å²) in [5, 5.41) is 6.00. The van der Waals surface area contributed by atoms with Gasteiger partial charge in [-0.3, -0.25) is 4.79 Å². The van der Waals surface area contributed by atoms with Crippen molar-refractivity contribution in [2.45, 2.75) is 40.5 Å². The van der Waals surface area contributed by atoms with Gasteiger partial charge in [0.1, 0.15) is 17.2 Å². The number of benzene rings is 1. The van der Waals surface area contributed by atoms with Crippen LogP contribution in [0.15, 0.2) is 59.5 Å². The quantitative estimate of drug-likeness (QED) is 0.691. The van der Waals surface area contributed by atoms with Crippen molar-refractivity contribution in [1.29, 1.82) is 0 Å². The van der Waals surface area contributed by atoms with Crippen LogP contribution in [0.1, 0.15) is 39.7 Å². The predicted molar refractivity (Wildman–Crippen MR) is 107 cm³/mol. The van der Waals surface area contributed by atoms with Crippen LogP contribution in [0.25, 0.3) is 0 Å². The molecule has 1 atom stereocenters. The smallest absolute Gasteiger partial charge is 0.267 e. The van der Waals surface area contributed by atoms with Gasteiger partial charge in [0, 0.05) is 6.54 Å². The van der Waals surface area contributed by atoms with E-state index in [4.69, 9.17) is 4.74 Å². The first-order valence-electron chi connectivity index (χ1n) is 9.23. The Bertz CT molecular complexity index is 714. The summed E-state index contributed by atoms with van der Waals surface area (Å²) in [6.45, 7) is 13.0. The number of amides is 1. The van der Waals surface area contributed by atoms with Crippen molar-refractivity contribution in [2.75, 3.05) is 13.1 Å². The number of nitrogens with one attached hydrogen (secondary N) is 2. The highest BCUT2D eigenvalue weighted by molar-refractivity contribution is 5.94. The van der Waals surface area contributed by atoms with E-state index in [1.807, 2.05) is 32.1 Å². The van der Waals surface area contributed by atoms with Crippen LogP contribution in [0.2, 0.25) is 0 Å². The lowest BCUT2D eigenvalue weighted by molar-refractivity contribution is -0.117. The second kappa shape index (κ2) is 9.27. The molecule has 0 fully saturated rings. The highest BCUT2D eigenvalue weighted by Crippen LogP contribution is 2.20. The summed E-state index contributed by atoms with van der Waals surface area (Å²) >= 11 is 0. The maximum atomic E-state index is 12.2. The highest BCUT2D eigenvalue weighted by Gasteiger charge is 2.17. The summed E-state index contributed by atoms with van der Waals surface area (Å²) in [7, 11) is 0. The number of rotatable bonds is 8. The lowest BCUT2D eigenvalue weighted by atomic mass is 9.99. The van der Waals surface area contributed by atoms with Crippen LogP contribution in [0.5, 0.6) is 5.75 Å². The lowest BCUT2D eigenvalue weighted by Gasteiger charge is -2.20. The van der Waals surface area contributed by atoms with Crippen molar-refractivity contribution in [2.24, 2.45) is 5.92 Å². The largest absolute Gasteiger partial charge is 0.460 e. The van der Waals surface area contributed by atoms with Crippen molar-refractivity contribution < 1.29 is 9.53 Å². The summed E-state index contributed by atoms with van der Waals surface area (Å²) in [4.78, 5) is 12.2. The van der Waals surface area contributed by atoms with E-state index < -0.39 is 0 Å². The second-order valence-corrected chi connectivity index (χ2v) is 7.13. The molecule has 0 saturated heterocycles. The Morgan fingerprint density at radius 3 is 2.62 bits per heavy atom. The van der Waals surface area contributed by atoms with E-state index in [0.717, 1.165) is 29.1 Å². The predicted octanol–water partition coefficient (Wildman–Crippen LogP) is 4.11. The number of allylic oxidation sites excluding steroid dienone is 2. The third-order valence-corrected chi connectivity index (χ3v) is 4.44.